The van der Waals surface area contributed by atoms with Gasteiger partial charge in [-0.25, -0.2) is 4.98 Å². The molecule has 2 fully saturated rings. The Balaban J connectivity index is 1.58. The molecule has 2 saturated heterocycles. The molecule has 0 bridgehead atoms. The van der Waals surface area contributed by atoms with E-state index < -0.39 is 0 Å². The van der Waals surface area contributed by atoms with E-state index in [2.05, 4.69) is 9.88 Å². The highest BCUT2D eigenvalue weighted by Gasteiger charge is 2.25. The minimum absolute atomic E-state index is 0.0676. The van der Waals surface area contributed by atoms with Gasteiger partial charge in [-0.1, -0.05) is 0 Å². The number of thiazole rings is 1. The largest absolute Gasteiger partial charge is 0.342 e. The van der Waals surface area contributed by atoms with Gasteiger partial charge in [0, 0.05) is 39.1 Å². The predicted octanol–water partition coefficient (Wildman–Crippen LogP) is 1.00. The van der Waals surface area contributed by atoms with Crippen molar-refractivity contribution in [1.82, 2.24) is 19.7 Å². The van der Waals surface area contributed by atoms with E-state index in [1.54, 1.807) is 4.90 Å². The van der Waals surface area contributed by atoms with Crippen LogP contribution in [-0.2, 0) is 11.2 Å². The second-order valence-electron chi connectivity index (χ2n) is 6.25. The van der Waals surface area contributed by atoms with Crippen LogP contribution in [0.5, 0.6) is 0 Å². The van der Waals surface area contributed by atoms with Crippen LogP contribution in [0.15, 0.2) is 0 Å². The molecule has 1 aromatic rings. The third-order valence-corrected chi connectivity index (χ3v) is 5.83. The SMILES string of the molecule is Cc1nc(CCN2CCCC2)sc1C(=O)N1CCN(C=O)CC1. The molecule has 0 spiro atoms. The average Bonchev–Trinajstić information content (AvgIpc) is 3.22. The molecule has 2 aliphatic rings. The van der Waals surface area contributed by atoms with Crippen LogP contribution in [0.4, 0.5) is 0 Å². The first kappa shape index (κ1) is 16.4. The monoisotopic (exact) mass is 336 g/mol. The van der Waals surface area contributed by atoms with E-state index in [9.17, 15) is 9.59 Å². The normalized spacial score (nSPS) is 19.3. The van der Waals surface area contributed by atoms with Gasteiger partial charge in [-0.15, -0.1) is 11.3 Å². The zero-order chi connectivity index (χ0) is 16.2. The van der Waals surface area contributed by atoms with Gasteiger partial charge in [0.05, 0.1) is 10.7 Å². The molecule has 2 amide bonds. The van der Waals surface area contributed by atoms with Crippen molar-refractivity contribution in [3.05, 3.63) is 15.6 Å². The number of hydrogen-bond donors (Lipinski definition) is 0. The van der Waals surface area contributed by atoms with Crippen molar-refractivity contribution in [2.75, 3.05) is 45.8 Å². The van der Waals surface area contributed by atoms with E-state index in [1.807, 2.05) is 11.8 Å². The average molecular weight is 336 g/mol. The molecule has 1 aromatic heterocycles. The van der Waals surface area contributed by atoms with Crippen molar-refractivity contribution < 1.29 is 9.59 Å². The number of rotatable bonds is 5. The van der Waals surface area contributed by atoms with Gasteiger partial charge in [0.2, 0.25) is 6.41 Å². The van der Waals surface area contributed by atoms with Gasteiger partial charge in [0.25, 0.3) is 5.91 Å². The molecular weight excluding hydrogens is 312 g/mol. The Kier molecular flexibility index (Phi) is 5.27. The first-order valence-electron chi connectivity index (χ1n) is 8.34. The highest BCUT2D eigenvalue weighted by atomic mass is 32.1. The number of aryl methyl sites for hydroxylation is 1. The fraction of sp³-hybridized carbons (Fsp3) is 0.688. The Hall–Kier alpha value is -1.47. The number of carbonyl (C=O) groups excluding carboxylic acids is 2. The van der Waals surface area contributed by atoms with Crippen molar-refractivity contribution in [1.29, 1.82) is 0 Å². The number of piperazine rings is 1. The van der Waals surface area contributed by atoms with E-state index in [1.165, 1.54) is 37.3 Å². The lowest BCUT2D eigenvalue weighted by atomic mass is 10.3. The molecule has 0 N–H and O–H groups in total. The van der Waals surface area contributed by atoms with Gasteiger partial charge >= 0.3 is 0 Å². The Morgan fingerprint density at radius 3 is 2.52 bits per heavy atom. The molecule has 7 heteroatoms. The Morgan fingerprint density at radius 1 is 1.17 bits per heavy atom. The van der Waals surface area contributed by atoms with Gasteiger partial charge in [-0.05, 0) is 32.9 Å². The number of hydrogen-bond acceptors (Lipinski definition) is 5. The fourth-order valence-corrected chi connectivity index (χ4v) is 4.21. The highest BCUT2D eigenvalue weighted by molar-refractivity contribution is 7.13. The van der Waals surface area contributed by atoms with Crippen LogP contribution in [0.3, 0.4) is 0 Å². The number of aromatic nitrogens is 1. The quantitative estimate of drug-likeness (QED) is 0.753. The van der Waals surface area contributed by atoms with Crippen molar-refractivity contribution in [2.45, 2.75) is 26.2 Å². The Labute approximate surface area is 141 Å². The van der Waals surface area contributed by atoms with Crippen LogP contribution in [-0.4, -0.2) is 77.8 Å². The maximum Gasteiger partial charge on any atom is 0.265 e. The second kappa shape index (κ2) is 7.40. The summed E-state index contributed by atoms with van der Waals surface area (Å²) < 4.78 is 0. The summed E-state index contributed by atoms with van der Waals surface area (Å²) in [7, 11) is 0. The van der Waals surface area contributed by atoms with Crippen LogP contribution < -0.4 is 0 Å². The highest BCUT2D eigenvalue weighted by Crippen LogP contribution is 2.22. The van der Waals surface area contributed by atoms with E-state index >= 15 is 0 Å². The lowest BCUT2D eigenvalue weighted by Crippen LogP contribution is -2.48. The summed E-state index contributed by atoms with van der Waals surface area (Å²) in [5.41, 5.74) is 0.842. The summed E-state index contributed by atoms with van der Waals surface area (Å²) in [5, 5.41) is 1.06. The standard InChI is InChI=1S/C16H24N4O2S/c1-13-15(16(22)20-10-8-19(12-21)9-11-20)23-14(17-13)4-7-18-5-2-3-6-18/h12H,2-11H2,1H3. The lowest BCUT2D eigenvalue weighted by molar-refractivity contribution is -0.119. The van der Waals surface area contributed by atoms with E-state index in [-0.39, 0.29) is 5.91 Å². The van der Waals surface area contributed by atoms with Gasteiger partial charge in [0.15, 0.2) is 0 Å². The van der Waals surface area contributed by atoms with Gasteiger partial charge in [-0.3, -0.25) is 9.59 Å². The van der Waals surface area contributed by atoms with Crippen LogP contribution in [0, 0.1) is 6.92 Å². The summed E-state index contributed by atoms with van der Waals surface area (Å²) in [6.07, 6.45) is 4.38. The van der Waals surface area contributed by atoms with Crippen LogP contribution in [0.2, 0.25) is 0 Å². The Bertz CT molecular complexity index is 560. The third-order valence-electron chi connectivity index (χ3n) is 4.63. The summed E-state index contributed by atoms with van der Waals surface area (Å²) in [6.45, 7) is 7.80. The van der Waals surface area contributed by atoms with Crippen LogP contribution in [0.25, 0.3) is 0 Å². The minimum Gasteiger partial charge on any atom is -0.342 e. The molecule has 0 radical (unpaired) electrons. The maximum absolute atomic E-state index is 12.7. The van der Waals surface area contributed by atoms with Crippen molar-refractivity contribution >= 4 is 23.7 Å². The van der Waals surface area contributed by atoms with E-state index in [0.29, 0.717) is 26.2 Å². The summed E-state index contributed by atoms with van der Waals surface area (Å²) >= 11 is 1.54. The van der Waals surface area contributed by atoms with Crippen molar-refractivity contribution in [3.8, 4) is 0 Å². The summed E-state index contributed by atoms with van der Waals surface area (Å²) in [6, 6.07) is 0. The zero-order valence-electron chi connectivity index (χ0n) is 13.7. The van der Waals surface area contributed by atoms with E-state index in [0.717, 1.165) is 35.0 Å². The number of amides is 2. The summed E-state index contributed by atoms with van der Waals surface area (Å²) in [5.74, 6) is 0.0676. The molecule has 23 heavy (non-hydrogen) atoms. The number of carbonyl (C=O) groups is 2. The van der Waals surface area contributed by atoms with Crippen LogP contribution in [0.1, 0.15) is 33.2 Å². The number of likely N-dealkylation sites (tertiary alicyclic amines) is 1. The molecule has 3 rings (SSSR count). The van der Waals surface area contributed by atoms with Gasteiger partial charge in [-0.2, -0.15) is 0 Å². The first-order valence-corrected chi connectivity index (χ1v) is 9.16. The molecule has 0 aliphatic carbocycles. The molecule has 126 valence electrons. The smallest absolute Gasteiger partial charge is 0.265 e. The van der Waals surface area contributed by atoms with Gasteiger partial charge in [0.1, 0.15) is 4.88 Å². The van der Waals surface area contributed by atoms with Crippen molar-refractivity contribution in [3.63, 3.8) is 0 Å². The first-order chi connectivity index (χ1) is 11.2. The fourth-order valence-electron chi connectivity index (χ4n) is 3.19. The topological polar surface area (TPSA) is 56.8 Å². The lowest BCUT2D eigenvalue weighted by Gasteiger charge is -2.32. The molecule has 0 unspecified atom stereocenters. The molecule has 6 nitrogen and oxygen atoms in total. The second-order valence-corrected chi connectivity index (χ2v) is 7.34. The molecule has 2 aliphatic heterocycles. The maximum atomic E-state index is 12.7. The third kappa shape index (κ3) is 3.90. The molecular formula is C16H24N4O2S. The molecule has 0 atom stereocenters. The molecule has 0 saturated carbocycles. The molecule has 0 aromatic carbocycles. The van der Waals surface area contributed by atoms with Crippen molar-refractivity contribution in [2.24, 2.45) is 0 Å². The minimum atomic E-state index is 0.0676. The zero-order valence-corrected chi connectivity index (χ0v) is 14.5. The molecule has 3 heterocycles. The number of nitrogens with zero attached hydrogens (tertiary/aromatic N) is 4. The predicted molar refractivity (Wildman–Crippen MR) is 89.8 cm³/mol. The van der Waals surface area contributed by atoms with Gasteiger partial charge < -0.3 is 14.7 Å². The van der Waals surface area contributed by atoms with E-state index in [4.69, 9.17) is 0 Å². The summed E-state index contributed by atoms with van der Waals surface area (Å²) in [4.78, 5) is 34.8. The van der Waals surface area contributed by atoms with Crippen LogP contribution >= 0.6 is 11.3 Å². The Morgan fingerprint density at radius 2 is 1.87 bits per heavy atom.